The Hall–Kier alpha value is -4.20. The number of aromatic carboxylic acids is 1. The molecule has 0 radical (unpaired) electrons. The third-order valence-corrected chi connectivity index (χ3v) is 6.87. The summed E-state index contributed by atoms with van der Waals surface area (Å²) in [5, 5.41) is 34.3. The van der Waals surface area contributed by atoms with Gasteiger partial charge in [0.15, 0.2) is 0 Å². The summed E-state index contributed by atoms with van der Waals surface area (Å²) in [5.41, 5.74) is 5.25. The fourth-order valence-corrected chi connectivity index (χ4v) is 4.93. The summed E-state index contributed by atoms with van der Waals surface area (Å²) in [6, 6.07) is 26.0. The van der Waals surface area contributed by atoms with E-state index < -0.39 is 24.3 Å². The highest BCUT2D eigenvalue weighted by Gasteiger charge is 2.29. The van der Waals surface area contributed by atoms with Crippen LogP contribution in [0.15, 0.2) is 84.9 Å². The second kappa shape index (κ2) is 10.4. The van der Waals surface area contributed by atoms with E-state index in [-0.39, 0.29) is 31.1 Å². The van der Waals surface area contributed by atoms with Crippen molar-refractivity contribution in [2.45, 2.75) is 24.5 Å². The highest BCUT2D eigenvalue weighted by molar-refractivity contribution is 5.94. The van der Waals surface area contributed by atoms with Gasteiger partial charge in [0.25, 0.3) is 0 Å². The maximum atomic E-state index is 12.3. The highest BCUT2D eigenvalue weighted by atomic mass is 16.5. The summed E-state index contributed by atoms with van der Waals surface area (Å²) in [5.74, 6) is -1.05. The zero-order valence-electron chi connectivity index (χ0n) is 20.0. The highest BCUT2D eigenvalue weighted by Crippen LogP contribution is 2.44. The van der Waals surface area contributed by atoms with Gasteiger partial charge in [0, 0.05) is 12.5 Å². The van der Waals surface area contributed by atoms with Crippen molar-refractivity contribution < 1.29 is 29.6 Å². The van der Waals surface area contributed by atoms with E-state index in [1.807, 2.05) is 24.3 Å². The van der Waals surface area contributed by atoms with Gasteiger partial charge in [-0.1, -0.05) is 66.7 Å². The van der Waals surface area contributed by atoms with Gasteiger partial charge in [-0.3, -0.25) is 0 Å². The van der Waals surface area contributed by atoms with Gasteiger partial charge in [-0.25, -0.2) is 9.59 Å². The van der Waals surface area contributed by atoms with Crippen molar-refractivity contribution in [2.24, 2.45) is 0 Å². The monoisotopic (exact) mass is 497 g/mol. The van der Waals surface area contributed by atoms with Crippen LogP contribution >= 0.6 is 0 Å². The van der Waals surface area contributed by atoms with Crippen LogP contribution in [0.1, 0.15) is 45.5 Å². The molecule has 7 heteroatoms. The van der Waals surface area contributed by atoms with E-state index in [2.05, 4.69) is 29.6 Å². The third kappa shape index (κ3) is 5.05. The number of hydrogen-bond acceptors (Lipinski definition) is 5. The minimum atomic E-state index is -1.16. The lowest BCUT2D eigenvalue weighted by atomic mass is 9.98. The lowest BCUT2D eigenvalue weighted by molar-refractivity contribution is 0.0137. The van der Waals surface area contributed by atoms with Gasteiger partial charge in [0.2, 0.25) is 0 Å². The van der Waals surface area contributed by atoms with Crippen LogP contribution in [0.5, 0.6) is 0 Å². The van der Waals surface area contributed by atoms with Gasteiger partial charge in [-0.15, -0.1) is 0 Å². The van der Waals surface area contributed by atoms with Crippen molar-refractivity contribution in [3.8, 4) is 11.1 Å². The third-order valence-electron chi connectivity index (χ3n) is 6.87. The molecule has 0 saturated heterocycles. The molecule has 0 spiro atoms. The number of nitrogens with one attached hydrogen (secondary N) is 1. The molecule has 2 atom stereocenters. The second-order valence-corrected chi connectivity index (χ2v) is 9.18. The molecular formula is C30H27NO6. The molecule has 1 aliphatic rings. The molecule has 37 heavy (non-hydrogen) atoms. The standard InChI is InChI=1S/C30H27NO6/c32-27(28(33)20-11-9-19-16-21(29(34)35)12-10-18(19)15-20)13-14-31-30(36)37-17-26-24-7-3-1-5-22(24)23-6-2-4-8-25(23)26/h1-12,15-16,26-28,32-33H,13-14,17H2,(H,31,36)(H,34,35). The lowest BCUT2D eigenvalue weighted by Crippen LogP contribution is -2.30. The summed E-state index contributed by atoms with van der Waals surface area (Å²) in [4.78, 5) is 23.5. The van der Waals surface area contributed by atoms with Crippen LogP contribution in [0, 0.1) is 0 Å². The van der Waals surface area contributed by atoms with Crippen molar-refractivity contribution in [2.75, 3.05) is 13.2 Å². The van der Waals surface area contributed by atoms with Crippen molar-refractivity contribution >= 4 is 22.8 Å². The number of carbonyl (C=O) groups is 2. The van der Waals surface area contributed by atoms with E-state index in [9.17, 15) is 19.8 Å². The number of ether oxygens (including phenoxy) is 1. The first kappa shape index (κ1) is 24.5. The first-order valence-electron chi connectivity index (χ1n) is 12.1. The quantitative estimate of drug-likeness (QED) is 0.276. The van der Waals surface area contributed by atoms with Gasteiger partial charge < -0.3 is 25.4 Å². The van der Waals surface area contributed by atoms with Crippen LogP contribution in [-0.2, 0) is 4.74 Å². The number of hydrogen-bond donors (Lipinski definition) is 4. The smallest absolute Gasteiger partial charge is 0.407 e. The fraction of sp³-hybridized carbons (Fsp3) is 0.200. The zero-order valence-corrected chi connectivity index (χ0v) is 20.0. The molecule has 0 aromatic heterocycles. The van der Waals surface area contributed by atoms with Crippen LogP contribution in [0.2, 0.25) is 0 Å². The molecule has 2 unspecified atom stereocenters. The summed E-state index contributed by atoms with van der Waals surface area (Å²) < 4.78 is 5.51. The van der Waals surface area contributed by atoms with Crippen molar-refractivity contribution in [3.63, 3.8) is 0 Å². The SMILES string of the molecule is O=C(NCCC(O)C(O)c1ccc2cc(C(=O)O)ccc2c1)OCC1c2ccccc2-c2ccccc21. The number of rotatable bonds is 8. The minimum Gasteiger partial charge on any atom is -0.478 e. The Bertz CT molecular complexity index is 1420. The largest absolute Gasteiger partial charge is 0.478 e. The summed E-state index contributed by atoms with van der Waals surface area (Å²) in [6.45, 7) is 0.330. The lowest BCUT2D eigenvalue weighted by Gasteiger charge is -2.19. The zero-order chi connectivity index (χ0) is 25.9. The van der Waals surface area contributed by atoms with Gasteiger partial charge >= 0.3 is 12.1 Å². The fourth-order valence-electron chi connectivity index (χ4n) is 4.93. The number of aliphatic hydroxyl groups is 2. The molecule has 0 saturated carbocycles. The molecule has 4 aromatic carbocycles. The van der Waals surface area contributed by atoms with Crippen molar-refractivity contribution in [1.82, 2.24) is 5.32 Å². The minimum absolute atomic E-state index is 0.0370. The number of aliphatic hydroxyl groups excluding tert-OH is 2. The molecular weight excluding hydrogens is 470 g/mol. The van der Waals surface area contributed by atoms with E-state index in [0.29, 0.717) is 5.56 Å². The molecule has 0 bridgehead atoms. The molecule has 0 aliphatic heterocycles. The summed E-state index contributed by atoms with van der Waals surface area (Å²) >= 11 is 0. The predicted octanol–water partition coefficient (Wildman–Crippen LogP) is 4.86. The molecule has 1 aliphatic carbocycles. The molecule has 5 rings (SSSR count). The number of amides is 1. The van der Waals surface area contributed by atoms with Crippen LogP contribution in [0.25, 0.3) is 21.9 Å². The molecule has 7 nitrogen and oxygen atoms in total. The van der Waals surface area contributed by atoms with E-state index in [1.54, 1.807) is 30.3 Å². The maximum absolute atomic E-state index is 12.3. The number of carboxylic acids is 1. The molecule has 1 amide bonds. The normalized spacial score (nSPS) is 14.0. The number of benzene rings is 4. The first-order chi connectivity index (χ1) is 17.9. The molecule has 0 fully saturated rings. The Morgan fingerprint density at radius 1 is 0.838 bits per heavy atom. The van der Waals surface area contributed by atoms with Crippen LogP contribution in [-0.4, -0.2) is 46.6 Å². The Labute approximate surface area is 214 Å². The first-order valence-corrected chi connectivity index (χ1v) is 12.1. The van der Waals surface area contributed by atoms with Crippen molar-refractivity contribution in [3.05, 3.63) is 107 Å². The molecule has 4 aromatic rings. The van der Waals surface area contributed by atoms with Crippen LogP contribution in [0.4, 0.5) is 4.79 Å². The van der Waals surface area contributed by atoms with Gasteiger partial charge in [0.05, 0.1) is 11.7 Å². The molecule has 0 heterocycles. The maximum Gasteiger partial charge on any atom is 0.407 e. The Morgan fingerprint density at radius 3 is 2.14 bits per heavy atom. The van der Waals surface area contributed by atoms with Gasteiger partial charge in [0.1, 0.15) is 12.7 Å². The predicted molar refractivity (Wildman–Crippen MR) is 140 cm³/mol. The Kier molecular flexibility index (Phi) is 6.90. The van der Waals surface area contributed by atoms with Crippen LogP contribution < -0.4 is 5.32 Å². The van der Waals surface area contributed by atoms with Gasteiger partial charge in [-0.2, -0.15) is 0 Å². The van der Waals surface area contributed by atoms with Crippen molar-refractivity contribution in [1.29, 1.82) is 0 Å². The summed E-state index contributed by atoms with van der Waals surface area (Å²) in [6.07, 6.45) is -2.72. The average molecular weight is 498 g/mol. The van der Waals surface area contributed by atoms with Gasteiger partial charge in [-0.05, 0) is 63.2 Å². The van der Waals surface area contributed by atoms with E-state index in [1.165, 1.54) is 6.07 Å². The number of carboxylic acid groups (broad SMARTS) is 1. The Morgan fingerprint density at radius 2 is 1.46 bits per heavy atom. The number of fused-ring (bicyclic) bond motifs is 4. The Balaban J connectivity index is 1.13. The van der Waals surface area contributed by atoms with E-state index >= 15 is 0 Å². The second-order valence-electron chi connectivity index (χ2n) is 9.18. The molecule has 4 N–H and O–H groups in total. The van der Waals surface area contributed by atoms with E-state index in [4.69, 9.17) is 9.84 Å². The number of carbonyl (C=O) groups excluding carboxylic acids is 1. The summed E-state index contributed by atoms with van der Waals surface area (Å²) in [7, 11) is 0. The average Bonchev–Trinajstić information content (AvgIpc) is 3.24. The number of alkyl carbamates (subject to hydrolysis) is 1. The van der Waals surface area contributed by atoms with Crippen LogP contribution in [0.3, 0.4) is 0 Å². The molecule has 188 valence electrons. The van der Waals surface area contributed by atoms with E-state index in [0.717, 1.165) is 33.0 Å². The topological polar surface area (TPSA) is 116 Å².